The molecule has 7 rings (SSSR count). The van der Waals surface area contributed by atoms with Gasteiger partial charge in [0.1, 0.15) is 17.0 Å². The van der Waals surface area contributed by atoms with Crippen LogP contribution >= 0.6 is 0 Å². The molecule has 0 aliphatic rings. The second-order valence-electron chi connectivity index (χ2n) is 8.23. The molecule has 160 valence electrons. The van der Waals surface area contributed by atoms with E-state index >= 15 is 0 Å². The molecule has 0 atom stereocenters. The number of imidazole rings is 1. The van der Waals surface area contributed by atoms with Gasteiger partial charge in [0.15, 0.2) is 11.5 Å². The van der Waals surface area contributed by atoms with Gasteiger partial charge in [-0.3, -0.25) is 8.97 Å². The zero-order chi connectivity index (χ0) is 22.5. The molecule has 0 fully saturated rings. The molecule has 5 nitrogen and oxygen atoms in total. The van der Waals surface area contributed by atoms with E-state index in [-0.39, 0.29) is 0 Å². The number of hydrogen-bond donors (Lipinski definition) is 0. The molecule has 7 aromatic rings. The summed E-state index contributed by atoms with van der Waals surface area (Å²) in [5, 5.41) is 1.10. The third kappa shape index (κ3) is 2.84. The maximum absolute atomic E-state index is 5.07. The molecular weight excluding hydrogens is 418 g/mol. The number of benzene rings is 3. The monoisotopic (exact) mass is 437 g/mol. The van der Waals surface area contributed by atoms with Crippen LogP contribution in [0.15, 0.2) is 115 Å². The summed E-state index contributed by atoms with van der Waals surface area (Å²) >= 11 is 0. The second kappa shape index (κ2) is 7.39. The Kier molecular flexibility index (Phi) is 4.08. The molecule has 0 aliphatic carbocycles. The predicted octanol–water partition coefficient (Wildman–Crippen LogP) is 6.56. The fourth-order valence-electron chi connectivity index (χ4n) is 4.61. The minimum atomic E-state index is 0.691. The number of para-hydroxylation sites is 1. The first-order valence-corrected chi connectivity index (χ1v) is 11.2. The van der Waals surface area contributed by atoms with E-state index in [4.69, 9.17) is 15.0 Å². The number of fused-ring (bicyclic) bond motifs is 5. The van der Waals surface area contributed by atoms with Crippen molar-refractivity contribution in [1.82, 2.24) is 23.9 Å². The molecule has 0 amide bonds. The van der Waals surface area contributed by atoms with Crippen molar-refractivity contribution < 1.29 is 0 Å². The first-order valence-electron chi connectivity index (χ1n) is 11.2. The maximum Gasteiger partial charge on any atom is 0.162 e. The molecule has 0 saturated heterocycles. The van der Waals surface area contributed by atoms with E-state index in [1.54, 1.807) is 0 Å². The van der Waals surface area contributed by atoms with Crippen molar-refractivity contribution in [2.75, 3.05) is 0 Å². The minimum absolute atomic E-state index is 0.691. The van der Waals surface area contributed by atoms with Gasteiger partial charge in [-0.15, -0.1) is 0 Å². The van der Waals surface area contributed by atoms with E-state index < -0.39 is 0 Å². The van der Waals surface area contributed by atoms with Crippen LogP contribution in [-0.2, 0) is 0 Å². The van der Waals surface area contributed by atoms with Gasteiger partial charge >= 0.3 is 0 Å². The molecule has 4 heterocycles. The van der Waals surface area contributed by atoms with Gasteiger partial charge in [-0.05, 0) is 18.2 Å². The predicted molar refractivity (Wildman–Crippen MR) is 136 cm³/mol. The normalized spacial score (nSPS) is 11.5. The first kappa shape index (κ1) is 18.8. The van der Waals surface area contributed by atoms with Gasteiger partial charge in [0.05, 0.1) is 11.2 Å². The van der Waals surface area contributed by atoms with E-state index in [9.17, 15) is 0 Å². The number of nitrogens with zero attached hydrogens (tertiary/aromatic N) is 5. The fraction of sp³-hybridized carbons (Fsp3) is 0. The smallest absolute Gasteiger partial charge is 0.162 e. The van der Waals surface area contributed by atoms with Gasteiger partial charge in [0.25, 0.3) is 0 Å². The van der Waals surface area contributed by atoms with Crippen LogP contribution in [0, 0.1) is 0 Å². The largest absolute Gasteiger partial charge is 0.285 e. The summed E-state index contributed by atoms with van der Waals surface area (Å²) in [6.07, 6.45) is 2.05. The van der Waals surface area contributed by atoms with Gasteiger partial charge in [-0.1, -0.05) is 84.9 Å². The molecule has 0 radical (unpaired) electrons. The summed E-state index contributed by atoms with van der Waals surface area (Å²) in [5.74, 6) is 1.50. The van der Waals surface area contributed by atoms with Gasteiger partial charge in [-0.2, -0.15) is 0 Å². The minimum Gasteiger partial charge on any atom is -0.285 e. The van der Waals surface area contributed by atoms with Crippen molar-refractivity contribution >= 4 is 27.7 Å². The van der Waals surface area contributed by atoms with E-state index in [1.807, 2.05) is 66.7 Å². The highest BCUT2D eigenvalue weighted by Gasteiger charge is 2.20. The molecule has 4 aromatic heterocycles. The SMILES string of the molecule is c1ccc(-c2cc(-n3c4ccccc4c4nc5ccccn5c43)nc(-c3ccccc3)n2)cc1. The third-order valence-electron chi connectivity index (χ3n) is 6.16. The van der Waals surface area contributed by atoms with E-state index in [0.717, 1.165) is 50.4 Å². The topological polar surface area (TPSA) is 48.0 Å². The molecule has 0 saturated carbocycles. The van der Waals surface area contributed by atoms with E-state index in [2.05, 4.69) is 57.6 Å². The molecule has 3 aromatic carbocycles. The van der Waals surface area contributed by atoms with Gasteiger partial charge in [-0.25, -0.2) is 15.0 Å². The molecule has 0 bridgehead atoms. The molecule has 34 heavy (non-hydrogen) atoms. The Hall–Kier alpha value is -4.77. The summed E-state index contributed by atoms with van der Waals surface area (Å²) in [5.41, 5.74) is 6.84. The van der Waals surface area contributed by atoms with Gasteiger partial charge < -0.3 is 0 Å². The standard InChI is InChI=1S/C29H19N5/c1-3-11-20(12-4-1)23-19-26(32-28(30-23)21-13-5-2-6-14-21)34-24-16-8-7-15-22(24)27-29(34)33-18-10-9-17-25(33)31-27/h1-19H. The lowest BCUT2D eigenvalue weighted by Gasteiger charge is -2.12. The molecule has 0 unspecified atom stereocenters. The summed E-state index contributed by atoms with van der Waals surface area (Å²) in [6, 6.07) is 36.9. The Bertz CT molecular complexity index is 1730. The summed E-state index contributed by atoms with van der Waals surface area (Å²) in [7, 11) is 0. The third-order valence-corrected chi connectivity index (χ3v) is 6.16. The zero-order valence-corrected chi connectivity index (χ0v) is 18.2. The quantitative estimate of drug-likeness (QED) is 0.315. The van der Waals surface area contributed by atoms with Crippen molar-refractivity contribution in [2.24, 2.45) is 0 Å². The summed E-state index contributed by atoms with van der Waals surface area (Å²) in [4.78, 5) is 15.0. The Morgan fingerprint density at radius 2 is 1.29 bits per heavy atom. The van der Waals surface area contributed by atoms with Crippen molar-refractivity contribution in [3.8, 4) is 28.5 Å². The highest BCUT2D eigenvalue weighted by Crippen LogP contribution is 2.33. The molecule has 0 spiro atoms. The Balaban J connectivity index is 1.61. The van der Waals surface area contributed by atoms with Gasteiger partial charge in [0, 0.05) is 28.8 Å². The number of aromatic nitrogens is 5. The first-order chi connectivity index (χ1) is 16.9. The lowest BCUT2D eigenvalue weighted by Crippen LogP contribution is -2.03. The van der Waals surface area contributed by atoms with Crippen LogP contribution in [0.4, 0.5) is 0 Å². The summed E-state index contributed by atoms with van der Waals surface area (Å²) in [6.45, 7) is 0. The summed E-state index contributed by atoms with van der Waals surface area (Å²) < 4.78 is 4.33. The number of hydrogen-bond acceptors (Lipinski definition) is 3. The van der Waals surface area contributed by atoms with Crippen LogP contribution < -0.4 is 0 Å². The van der Waals surface area contributed by atoms with Gasteiger partial charge in [0.2, 0.25) is 0 Å². The van der Waals surface area contributed by atoms with E-state index in [1.165, 1.54) is 0 Å². The highest BCUT2D eigenvalue weighted by molar-refractivity contribution is 6.07. The lowest BCUT2D eigenvalue weighted by atomic mass is 10.1. The number of pyridine rings is 1. The average molecular weight is 438 g/mol. The second-order valence-corrected chi connectivity index (χ2v) is 8.23. The zero-order valence-electron chi connectivity index (χ0n) is 18.2. The van der Waals surface area contributed by atoms with E-state index in [0.29, 0.717) is 5.82 Å². The maximum atomic E-state index is 5.07. The van der Waals surface area contributed by atoms with Crippen molar-refractivity contribution in [3.63, 3.8) is 0 Å². The van der Waals surface area contributed by atoms with Crippen LogP contribution in [0.25, 0.3) is 56.2 Å². The Morgan fingerprint density at radius 1 is 0.588 bits per heavy atom. The molecule has 0 aliphatic heterocycles. The van der Waals surface area contributed by atoms with Crippen LogP contribution in [0.5, 0.6) is 0 Å². The van der Waals surface area contributed by atoms with Crippen LogP contribution in [0.1, 0.15) is 0 Å². The highest BCUT2D eigenvalue weighted by atomic mass is 15.2. The Morgan fingerprint density at radius 3 is 2.12 bits per heavy atom. The van der Waals surface area contributed by atoms with Crippen LogP contribution in [0.3, 0.4) is 0 Å². The lowest BCUT2D eigenvalue weighted by molar-refractivity contribution is 1.02. The Labute approximate surface area is 195 Å². The van der Waals surface area contributed by atoms with Crippen LogP contribution in [0.2, 0.25) is 0 Å². The number of rotatable bonds is 3. The van der Waals surface area contributed by atoms with Crippen molar-refractivity contribution in [1.29, 1.82) is 0 Å². The molecule has 0 N–H and O–H groups in total. The van der Waals surface area contributed by atoms with Crippen molar-refractivity contribution in [3.05, 3.63) is 115 Å². The molecular formula is C29H19N5. The fourth-order valence-corrected chi connectivity index (χ4v) is 4.61. The molecule has 5 heteroatoms. The average Bonchev–Trinajstić information content (AvgIpc) is 3.44. The van der Waals surface area contributed by atoms with Crippen molar-refractivity contribution in [2.45, 2.75) is 0 Å². The van der Waals surface area contributed by atoms with Crippen LogP contribution in [-0.4, -0.2) is 23.9 Å².